The van der Waals surface area contributed by atoms with Crippen molar-refractivity contribution in [3.63, 3.8) is 0 Å². The largest absolute Gasteiger partial charge is 0.352 e. The summed E-state index contributed by atoms with van der Waals surface area (Å²) in [5, 5.41) is 7.79. The number of aliphatic imine (C=N–C) groups is 1. The van der Waals surface area contributed by atoms with Gasteiger partial charge in [-0.2, -0.15) is 5.10 Å². The maximum absolute atomic E-state index is 4.52. The summed E-state index contributed by atoms with van der Waals surface area (Å²) in [5.74, 6) is 1.68. The van der Waals surface area contributed by atoms with Crippen LogP contribution < -0.4 is 5.32 Å². The third-order valence-corrected chi connectivity index (χ3v) is 4.85. The molecule has 4 aromatic rings. The minimum atomic E-state index is 0.618. The van der Waals surface area contributed by atoms with E-state index in [-0.39, 0.29) is 0 Å². The van der Waals surface area contributed by atoms with Crippen molar-refractivity contribution in [2.45, 2.75) is 13.1 Å². The molecule has 0 aliphatic heterocycles. The first-order valence-electron chi connectivity index (χ1n) is 9.83. The number of aromatic amines is 1. The van der Waals surface area contributed by atoms with E-state index in [4.69, 9.17) is 0 Å². The molecule has 2 heterocycles. The molecule has 2 aromatic carbocycles. The molecule has 0 spiro atoms. The maximum atomic E-state index is 4.52. The van der Waals surface area contributed by atoms with E-state index >= 15 is 0 Å². The zero-order valence-corrected chi connectivity index (χ0v) is 17.2. The summed E-state index contributed by atoms with van der Waals surface area (Å²) in [5.41, 5.74) is 4.32. The smallest absolute Gasteiger partial charge is 0.194 e. The number of para-hydroxylation sites is 1. The number of rotatable bonds is 6. The van der Waals surface area contributed by atoms with E-state index in [9.17, 15) is 0 Å². The zero-order chi connectivity index (χ0) is 20.8. The quantitative estimate of drug-likeness (QED) is 0.385. The molecule has 152 valence electrons. The van der Waals surface area contributed by atoms with Crippen LogP contribution >= 0.6 is 0 Å². The summed E-state index contributed by atoms with van der Waals surface area (Å²) in [7, 11) is 3.79. The van der Waals surface area contributed by atoms with Crippen molar-refractivity contribution in [2.75, 3.05) is 14.1 Å². The van der Waals surface area contributed by atoms with Gasteiger partial charge in [-0.05, 0) is 23.3 Å². The fourth-order valence-corrected chi connectivity index (χ4v) is 3.36. The number of aromatic nitrogens is 4. The molecule has 0 bridgehead atoms. The van der Waals surface area contributed by atoms with Gasteiger partial charge in [0.05, 0.1) is 24.1 Å². The van der Waals surface area contributed by atoms with E-state index in [0.717, 1.165) is 34.3 Å². The lowest BCUT2D eigenvalue weighted by Crippen LogP contribution is -2.38. The Labute approximate surface area is 176 Å². The molecule has 7 nitrogen and oxygen atoms in total. The second kappa shape index (κ2) is 9.09. The van der Waals surface area contributed by atoms with Crippen LogP contribution in [0.2, 0.25) is 0 Å². The van der Waals surface area contributed by atoms with Gasteiger partial charge in [-0.25, -0.2) is 9.67 Å². The van der Waals surface area contributed by atoms with Gasteiger partial charge in [0.1, 0.15) is 5.82 Å². The molecule has 0 aliphatic carbocycles. The molecule has 0 saturated carbocycles. The Balaban J connectivity index is 1.41. The molecular formula is C23H25N7. The Morgan fingerprint density at radius 2 is 1.90 bits per heavy atom. The molecule has 0 amide bonds. The van der Waals surface area contributed by atoms with Crippen LogP contribution in [0.3, 0.4) is 0 Å². The van der Waals surface area contributed by atoms with Gasteiger partial charge in [-0.1, -0.05) is 48.5 Å². The normalized spacial score (nSPS) is 11.5. The lowest BCUT2D eigenvalue weighted by molar-refractivity contribution is 0.464. The average molecular weight is 400 g/mol. The van der Waals surface area contributed by atoms with E-state index < -0.39 is 0 Å². The van der Waals surface area contributed by atoms with Gasteiger partial charge in [-0.3, -0.25) is 4.99 Å². The fourth-order valence-electron chi connectivity index (χ4n) is 3.36. The predicted molar refractivity (Wildman–Crippen MR) is 119 cm³/mol. The highest BCUT2D eigenvalue weighted by Crippen LogP contribution is 2.17. The first-order valence-corrected chi connectivity index (χ1v) is 9.83. The van der Waals surface area contributed by atoms with Gasteiger partial charge in [-0.15, -0.1) is 0 Å². The molecule has 0 atom stereocenters. The van der Waals surface area contributed by atoms with Crippen LogP contribution in [-0.4, -0.2) is 44.7 Å². The molecule has 7 heteroatoms. The monoisotopic (exact) mass is 399 g/mol. The third kappa shape index (κ3) is 4.41. The number of H-pyrrole nitrogens is 1. The standard InChI is InChI=1S/C23H25N7/c1-24-23(26-15-19-11-6-7-12-21(19)30-14-8-13-27-30)29(2)17-22-25-16-20(28-22)18-9-4-3-5-10-18/h3-14,16H,15,17H2,1-2H3,(H,24,26)(H,25,28). The van der Waals surface area contributed by atoms with Crippen LogP contribution in [-0.2, 0) is 13.1 Å². The van der Waals surface area contributed by atoms with E-state index in [1.165, 1.54) is 0 Å². The summed E-state index contributed by atoms with van der Waals surface area (Å²) in [4.78, 5) is 14.4. The summed E-state index contributed by atoms with van der Waals surface area (Å²) in [6.45, 7) is 1.26. The average Bonchev–Trinajstić information content (AvgIpc) is 3.48. The van der Waals surface area contributed by atoms with Crippen LogP contribution in [0.15, 0.2) is 84.2 Å². The van der Waals surface area contributed by atoms with Gasteiger partial charge in [0, 0.05) is 33.0 Å². The van der Waals surface area contributed by atoms with E-state index in [2.05, 4.69) is 49.6 Å². The summed E-state index contributed by atoms with van der Waals surface area (Å²) in [6.07, 6.45) is 5.60. The molecule has 2 N–H and O–H groups in total. The van der Waals surface area contributed by atoms with Crippen LogP contribution in [0, 0.1) is 0 Å². The minimum Gasteiger partial charge on any atom is -0.352 e. The summed E-state index contributed by atoms with van der Waals surface area (Å²) < 4.78 is 1.87. The second-order valence-electron chi connectivity index (χ2n) is 6.95. The summed E-state index contributed by atoms with van der Waals surface area (Å²) >= 11 is 0. The highest BCUT2D eigenvalue weighted by atomic mass is 15.3. The van der Waals surface area contributed by atoms with Crippen molar-refractivity contribution in [3.05, 3.63) is 90.6 Å². The van der Waals surface area contributed by atoms with Gasteiger partial charge in [0.25, 0.3) is 0 Å². The number of benzene rings is 2. The Hall–Kier alpha value is -3.87. The number of nitrogens with one attached hydrogen (secondary N) is 2. The predicted octanol–water partition coefficient (Wildman–Crippen LogP) is 3.47. The molecule has 0 radical (unpaired) electrons. The van der Waals surface area contributed by atoms with Crippen molar-refractivity contribution >= 4 is 5.96 Å². The molecule has 0 unspecified atom stereocenters. The van der Waals surface area contributed by atoms with Crippen LogP contribution in [0.1, 0.15) is 11.4 Å². The van der Waals surface area contributed by atoms with Crippen LogP contribution in [0.5, 0.6) is 0 Å². The first-order chi connectivity index (χ1) is 14.7. The minimum absolute atomic E-state index is 0.618. The Kier molecular flexibility index (Phi) is 5.89. The Bertz CT molecular complexity index is 1100. The number of hydrogen-bond acceptors (Lipinski definition) is 3. The van der Waals surface area contributed by atoms with Gasteiger partial charge >= 0.3 is 0 Å². The van der Waals surface area contributed by atoms with Crippen LogP contribution in [0.25, 0.3) is 16.9 Å². The highest BCUT2D eigenvalue weighted by Gasteiger charge is 2.11. The SMILES string of the molecule is CN=C(NCc1ccccc1-n1cccn1)N(C)Cc1ncc(-c2ccccc2)[nH]1. The fraction of sp³-hybridized carbons (Fsp3) is 0.174. The first kappa shape index (κ1) is 19.4. The lowest BCUT2D eigenvalue weighted by atomic mass is 10.2. The maximum Gasteiger partial charge on any atom is 0.194 e. The van der Waals surface area contributed by atoms with Gasteiger partial charge in [0.2, 0.25) is 0 Å². The lowest BCUT2D eigenvalue weighted by Gasteiger charge is -2.21. The van der Waals surface area contributed by atoms with Crippen molar-refractivity contribution in [2.24, 2.45) is 4.99 Å². The van der Waals surface area contributed by atoms with E-state index in [1.54, 1.807) is 13.2 Å². The molecule has 4 rings (SSSR count). The topological polar surface area (TPSA) is 74.1 Å². The molecule has 30 heavy (non-hydrogen) atoms. The highest BCUT2D eigenvalue weighted by molar-refractivity contribution is 5.79. The second-order valence-corrected chi connectivity index (χ2v) is 6.95. The number of imidazole rings is 1. The molecule has 0 saturated heterocycles. The Morgan fingerprint density at radius 3 is 2.67 bits per heavy atom. The van der Waals surface area contributed by atoms with Gasteiger partial charge in [0.15, 0.2) is 5.96 Å². The van der Waals surface area contributed by atoms with Crippen LogP contribution in [0.4, 0.5) is 0 Å². The zero-order valence-electron chi connectivity index (χ0n) is 17.2. The number of guanidine groups is 1. The molecule has 2 aromatic heterocycles. The Morgan fingerprint density at radius 1 is 1.10 bits per heavy atom. The molecular weight excluding hydrogens is 374 g/mol. The van der Waals surface area contributed by atoms with Crippen molar-refractivity contribution in [3.8, 4) is 16.9 Å². The van der Waals surface area contributed by atoms with Crippen molar-refractivity contribution in [1.29, 1.82) is 0 Å². The number of nitrogens with zero attached hydrogens (tertiary/aromatic N) is 5. The van der Waals surface area contributed by atoms with E-state index in [0.29, 0.717) is 13.1 Å². The van der Waals surface area contributed by atoms with Gasteiger partial charge < -0.3 is 15.2 Å². The number of hydrogen-bond donors (Lipinski definition) is 2. The van der Waals surface area contributed by atoms with Crippen molar-refractivity contribution in [1.82, 2.24) is 30.0 Å². The van der Waals surface area contributed by atoms with Crippen molar-refractivity contribution < 1.29 is 0 Å². The summed E-state index contributed by atoms with van der Waals surface area (Å²) in [6, 6.07) is 20.3. The molecule has 0 aliphatic rings. The molecule has 0 fully saturated rings. The van der Waals surface area contributed by atoms with E-state index in [1.807, 2.05) is 65.4 Å². The third-order valence-electron chi connectivity index (χ3n) is 4.85.